The van der Waals surface area contributed by atoms with Gasteiger partial charge in [0.05, 0.1) is 5.39 Å². The van der Waals surface area contributed by atoms with E-state index in [0.717, 1.165) is 53.5 Å². The topological polar surface area (TPSA) is 81.8 Å². The average Bonchev–Trinajstić information content (AvgIpc) is 3.28. The molecule has 1 saturated heterocycles. The third-order valence-corrected chi connectivity index (χ3v) is 7.36. The van der Waals surface area contributed by atoms with Crippen LogP contribution >= 0.6 is 0 Å². The zero-order valence-corrected chi connectivity index (χ0v) is 18.6. The molecular formula is C26H26N2O5. The molecule has 4 heterocycles. The van der Waals surface area contributed by atoms with E-state index in [1.54, 1.807) is 12.1 Å². The van der Waals surface area contributed by atoms with Gasteiger partial charge in [-0.1, -0.05) is 6.07 Å². The number of nitrogens with zero attached hydrogens (tertiary/aromatic N) is 2. The van der Waals surface area contributed by atoms with Crippen molar-refractivity contribution in [2.75, 3.05) is 19.7 Å². The van der Waals surface area contributed by atoms with Gasteiger partial charge in [-0.3, -0.25) is 9.59 Å². The van der Waals surface area contributed by atoms with Gasteiger partial charge in [-0.25, -0.2) is 4.79 Å². The Morgan fingerprint density at radius 1 is 1.12 bits per heavy atom. The normalized spacial score (nSPS) is 21.1. The number of ether oxygens (including phenoxy) is 1. The van der Waals surface area contributed by atoms with Gasteiger partial charge in [0.25, 0.3) is 11.5 Å². The van der Waals surface area contributed by atoms with Crippen molar-refractivity contribution in [2.24, 2.45) is 5.92 Å². The molecule has 0 N–H and O–H groups in total. The Morgan fingerprint density at radius 2 is 1.97 bits per heavy atom. The van der Waals surface area contributed by atoms with Crippen LogP contribution in [0, 0.1) is 12.8 Å². The minimum absolute atomic E-state index is 0.0378. The monoisotopic (exact) mass is 446 g/mol. The summed E-state index contributed by atoms with van der Waals surface area (Å²) in [5.74, 6) is 1.000. The van der Waals surface area contributed by atoms with Crippen LogP contribution in [0.25, 0.3) is 11.0 Å². The molecule has 3 aliphatic rings. The second-order valence-corrected chi connectivity index (χ2v) is 9.62. The Bertz CT molecular complexity index is 1400. The standard InChI is InChI=1S/C26H26N2O5/c1-15-8-21(25-18-4-2-5-19(18)26(31)33-22(25)9-15)32-14-24(30)27-11-16-10-17(13-27)20-6-3-7-23(29)28(20)12-16/h3,6-9,16-17H,2,4-5,10-14H2,1H3/t16-,17+/m1/s1. The van der Waals surface area contributed by atoms with Gasteiger partial charge in [0.1, 0.15) is 11.3 Å². The van der Waals surface area contributed by atoms with Crippen molar-refractivity contribution in [3.63, 3.8) is 0 Å². The maximum atomic E-state index is 13.1. The predicted molar refractivity (Wildman–Crippen MR) is 123 cm³/mol. The fourth-order valence-electron chi connectivity index (χ4n) is 5.95. The summed E-state index contributed by atoms with van der Waals surface area (Å²) < 4.78 is 13.5. The lowest BCUT2D eigenvalue weighted by atomic mass is 9.83. The summed E-state index contributed by atoms with van der Waals surface area (Å²) in [4.78, 5) is 39.6. The van der Waals surface area contributed by atoms with E-state index in [1.807, 2.05) is 34.6 Å². The second-order valence-electron chi connectivity index (χ2n) is 9.62. The van der Waals surface area contributed by atoms with Crippen LogP contribution in [0.15, 0.2) is 44.3 Å². The minimum Gasteiger partial charge on any atom is -0.483 e. The SMILES string of the molecule is Cc1cc(OCC(=O)N2C[C@H]3C[C@@H](C2)c2cccc(=O)n2C3)c2c3c(c(=O)oc2c1)CCC3. The molecule has 7 heteroatoms. The molecule has 0 unspecified atom stereocenters. The number of carbonyl (C=O) groups excluding carboxylic acids is 1. The Morgan fingerprint density at radius 3 is 2.85 bits per heavy atom. The highest BCUT2D eigenvalue weighted by Crippen LogP contribution is 2.36. The first-order valence-electron chi connectivity index (χ1n) is 11.7. The highest BCUT2D eigenvalue weighted by atomic mass is 16.5. The molecule has 7 nitrogen and oxygen atoms in total. The van der Waals surface area contributed by atoms with Crippen molar-refractivity contribution in [1.29, 1.82) is 0 Å². The molecule has 6 rings (SSSR count). The zero-order valence-electron chi connectivity index (χ0n) is 18.6. The van der Waals surface area contributed by atoms with Crippen LogP contribution in [0.2, 0.25) is 0 Å². The first-order valence-corrected chi connectivity index (χ1v) is 11.7. The van der Waals surface area contributed by atoms with E-state index < -0.39 is 0 Å². The zero-order chi connectivity index (χ0) is 22.7. The molecule has 1 aromatic carbocycles. The van der Waals surface area contributed by atoms with E-state index in [0.29, 0.717) is 31.0 Å². The van der Waals surface area contributed by atoms with Crippen LogP contribution in [0.3, 0.4) is 0 Å². The summed E-state index contributed by atoms with van der Waals surface area (Å²) in [5.41, 5.74) is 3.97. The number of fused-ring (bicyclic) bond motifs is 7. The van der Waals surface area contributed by atoms with E-state index in [2.05, 4.69) is 0 Å². The van der Waals surface area contributed by atoms with Crippen LogP contribution in [-0.2, 0) is 24.2 Å². The molecule has 0 spiro atoms. The summed E-state index contributed by atoms with van der Waals surface area (Å²) >= 11 is 0. The molecule has 0 saturated carbocycles. The molecule has 1 amide bonds. The fourth-order valence-corrected chi connectivity index (χ4v) is 5.95. The highest BCUT2D eigenvalue weighted by Gasteiger charge is 2.36. The number of benzene rings is 1. The molecular weight excluding hydrogens is 420 g/mol. The van der Waals surface area contributed by atoms with E-state index in [1.165, 1.54) is 0 Å². The van der Waals surface area contributed by atoms with Crippen LogP contribution in [0.5, 0.6) is 5.75 Å². The van der Waals surface area contributed by atoms with E-state index >= 15 is 0 Å². The number of likely N-dealkylation sites (tertiary alicyclic amines) is 1. The summed E-state index contributed by atoms with van der Waals surface area (Å²) in [5, 5.41) is 0.823. The molecule has 2 bridgehead atoms. The number of hydrogen-bond acceptors (Lipinski definition) is 5. The van der Waals surface area contributed by atoms with Gasteiger partial charge in [-0.15, -0.1) is 0 Å². The van der Waals surface area contributed by atoms with Gasteiger partial charge in [0.2, 0.25) is 0 Å². The maximum Gasteiger partial charge on any atom is 0.339 e. The van der Waals surface area contributed by atoms with Crippen molar-refractivity contribution in [3.8, 4) is 5.75 Å². The molecule has 3 aromatic rings. The van der Waals surface area contributed by atoms with Crippen molar-refractivity contribution in [3.05, 3.63) is 73.5 Å². The molecule has 2 aliphatic heterocycles. The fraction of sp³-hybridized carbons (Fsp3) is 0.423. The highest BCUT2D eigenvalue weighted by molar-refractivity contribution is 5.89. The quantitative estimate of drug-likeness (QED) is 0.578. The van der Waals surface area contributed by atoms with Crippen LogP contribution < -0.4 is 15.9 Å². The van der Waals surface area contributed by atoms with Gasteiger partial charge in [0.15, 0.2) is 6.61 Å². The Kier molecular flexibility index (Phi) is 4.67. The number of piperidine rings is 1. The van der Waals surface area contributed by atoms with Crippen LogP contribution in [-0.4, -0.2) is 35.1 Å². The summed E-state index contributed by atoms with van der Waals surface area (Å²) in [6.45, 7) is 3.75. The first kappa shape index (κ1) is 20.3. The number of carbonyl (C=O) groups is 1. The summed E-state index contributed by atoms with van der Waals surface area (Å²) in [6, 6.07) is 9.18. The average molecular weight is 447 g/mol. The Hall–Kier alpha value is -3.35. The number of hydrogen-bond donors (Lipinski definition) is 0. The minimum atomic E-state index is -0.262. The number of pyridine rings is 1. The molecule has 0 radical (unpaired) electrons. The lowest BCUT2D eigenvalue weighted by Gasteiger charge is -2.42. The van der Waals surface area contributed by atoms with Crippen LogP contribution in [0.1, 0.15) is 41.1 Å². The van der Waals surface area contributed by atoms with Gasteiger partial charge >= 0.3 is 5.63 Å². The summed E-state index contributed by atoms with van der Waals surface area (Å²) in [6.07, 6.45) is 3.47. The maximum absolute atomic E-state index is 13.1. The number of aromatic nitrogens is 1. The van der Waals surface area contributed by atoms with E-state index in [4.69, 9.17) is 9.15 Å². The van der Waals surface area contributed by atoms with Crippen molar-refractivity contribution >= 4 is 16.9 Å². The molecule has 2 atom stereocenters. The smallest absolute Gasteiger partial charge is 0.339 e. The van der Waals surface area contributed by atoms with Gasteiger partial charge < -0.3 is 18.6 Å². The number of aryl methyl sites for hydroxylation is 2. The number of amides is 1. The first-order chi connectivity index (χ1) is 16.0. The predicted octanol–water partition coefficient (Wildman–Crippen LogP) is 2.78. The summed E-state index contributed by atoms with van der Waals surface area (Å²) in [7, 11) is 0. The lowest BCUT2D eigenvalue weighted by molar-refractivity contribution is -0.136. The van der Waals surface area contributed by atoms with Crippen molar-refractivity contribution < 1.29 is 13.9 Å². The van der Waals surface area contributed by atoms with E-state index in [-0.39, 0.29) is 35.5 Å². The van der Waals surface area contributed by atoms with Crippen molar-refractivity contribution in [2.45, 2.75) is 45.1 Å². The molecule has 33 heavy (non-hydrogen) atoms. The third kappa shape index (κ3) is 3.37. The third-order valence-electron chi connectivity index (χ3n) is 7.36. The largest absolute Gasteiger partial charge is 0.483 e. The Labute approximate surface area is 190 Å². The van der Waals surface area contributed by atoms with Crippen LogP contribution in [0.4, 0.5) is 0 Å². The van der Waals surface area contributed by atoms with E-state index in [9.17, 15) is 14.4 Å². The lowest BCUT2D eigenvalue weighted by Crippen LogP contribution is -2.50. The second kappa shape index (κ2) is 7.61. The molecule has 2 aromatic heterocycles. The molecule has 1 aliphatic carbocycles. The van der Waals surface area contributed by atoms with Gasteiger partial charge in [-0.2, -0.15) is 0 Å². The molecule has 170 valence electrons. The van der Waals surface area contributed by atoms with Gasteiger partial charge in [-0.05, 0) is 67.9 Å². The van der Waals surface area contributed by atoms with Crippen molar-refractivity contribution in [1.82, 2.24) is 9.47 Å². The molecule has 1 fully saturated rings. The van der Waals surface area contributed by atoms with Gasteiger partial charge in [0, 0.05) is 42.9 Å². The Balaban J connectivity index is 1.25. The number of rotatable bonds is 3.